The lowest BCUT2D eigenvalue weighted by atomic mass is 10.1. The zero-order chi connectivity index (χ0) is 19.9. The van der Waals surface area contributed by atoms with Crippen molar-refractivity contribution in [2.45, 2.75) is 25.9 Å². The van der Waals surface area contributed by atoms with Gasteiger partial charge in [-0.2, -0.15) is 0 Å². The number of hydrogen-bond donors (Lipinski definition) is 1. The second kappa shape index (κ2) is 9.71. The number of halogens is 1. The molecule has 1 heterocycles. The van der Waals surface area contributed by atoms with Crippen LogP contribution in [-0.2, 0) is 17.9 Å². The fourth-order valence-electron chi connectivity index (χ4n) is 3.33. The van der Waals surface area contributed by atoms with E-state index in [9.17, 15) is 9.59 Å². The van der Waals surface area contributed by atoms with Crippen LogP contribution in [0.15, 0.2) is 48.5 Å². The van der Waals surface area contributed by atoms with Crippen LogP contribution in [0.2, 0.25) is 5.02 Å². The van der Waals surface area contributed by atoms with Gasteiger partial charge in [0.2, 0.25) is 5.91 Å². The van der Waals surface area contributed by atoms with E-state index in [1.165, 1.54) is 0 Å². The summed E-state index contributed by atoms with van der Waals surface area (Å²) in [5.74, 6) is 0.0607. The number of likely N-dealkylation sites (N-methyl/N-ethyl adjacent to an activating group) is 1. The molecule has 1 saturated heterocycles. The number of carbonyl (C=O) groups excluding carboxylic acids is 2. The summed E-state index contributed by atoms with van der Waals surface area (Å²) < 4.78 is 0. The molecule has 1 aliphatic heterocycles. The van der Waals surface area contributed by atoms with Gasteiger partial charge < -0.3 is 10.2 Å². The van der Waals surface area contributed by atoms with Gasteiger partial charge in [-0.25, -0.2) is 0 Å². The van der Waals surface area contributed by atoms with Gasteiger partial charge in [-0.15, -0.1) is 0 Å². The summed E-state index contributed by atoms with van der Waals surface area (Å²) >= 11 is 5.89. The lowest BCUT2D eigenvalue weighted by molar-refractivity contribution is -0.122. The maximum absolute atomic E-state index is 12.4. The van der Waals surface area contributed by atoms with Gasteiger partial charge in [0.15, 0.2) is 0 Å². The fourth-order valence-corrected chi connectivity index (χ4v) is 3.45. The number of hydrogen-bond acceptors (Lipinski definition) is 3. The highest BCUT2D eigenvalue weighted by Crippen LogP contribution is 2.14. The first-order valence-electron chi connectivity index (χ1n) is 9.59. The number of likely N-dealkylation sites (tertiary alicyclic amines) is 1. The number of carbonyl (C=O) groups is 2. The average Bonchev–Trinajstić information content (AvgIpc) is 3.23. The van der Waals surface area contributed by atoms with E-state index in [1.54, 1.807) is 0 Å². The van der Waals surface area contributed by atoms with Crippen LogP contribution in [0.3, 0.4) is 0 Å². The number of nitrogens with zero attached hydrogens (tertiary/aromatic N) is 2. The van der Waals surface area contributed by atoms with Crippen LogP contribution in [0.25, 0.3) is 0 Å². The third-order valence-corrected chi connectivity index (χ3v) is 5.12. The molecule has 1 fully saturated rings. The average molecular weight is 400 g/mol. The van der Waals surface area contributed by atoms with E-state index in [4.69, 9.17) is 11.6 Å². The molecule has 2 aromatic carbocycles. The third kappa shape index (κ3) is 5.81. The van der Waals surface area contributed by atoms with Crippen LogP contribution in [0.5, 0.6) is 0 Å². The molecule has 0 atom stereocenters. The zero-order valence-electron chi connectivity index (χ0n) is 16.2. The Balaban J connectivity index is 1.43. The van der Waals surface area contributed by atoms with Crippen LogP contribution in [0.4, 0.5) is 0 Å². The molecule has 5 nitrogen and oxygen atoms in total. The summed E-state index contributed by atoms with van der Waals surface area (Å²) in [6.07, 6.45) is 2.17. The summed E-state index contributed by atoms with van der Waals surface area (Å²) in [5.41, 5.74) is 2.80. The fraction of sp³-hybridized carbons (Fsp3) is 0.364. The minimum atomic E-state index is -0.0336. The van der Waals surface area contributed by atoms with Crippen LogP contribution in [-0.4, -0.2) is 48.3 Å². The second-order valence-electron chi connectivity index (χ2n) is 7.27. The lowest BCUT2D eigenvalue weighted by Crippen LogP contribution is -2.34. The quantitative estimate of drug-likeness (QED) is 0.777. The van der Waals surface area contributed by atoms with E-state index in [-0.39, 0.29) is 11.8 Å². The van der Waals surface area contributed by atoms with Crippen LogP contribution >= 0.6 is 11.6 Å². The molecule has 0 radical (unpaired) electrons. The van der Waals surface area contributed by atoms with Gasteiger partial charge in [-0.05, 0) is 55.3 Å². The van der Waals surface area contributed by atoms with Crippen molar-refractivity contribution in [2.75, 3.05) is 26.7 Å². The Morgan fingerprint density at radius 2 is 1.61 bits per heavy atom. The Morgan fingerprint density at radius 3 is 2.25 bits per heavy atom. The Labute approximate surface area is 171 Å². The Bertz CT molecular complexity index is 800. The molecule has 0 aromatic heterocycles. The van der Waals surface area contributed by atoms with E-state index in [1.807, 2.05) is 65.4 Å². The first-order chi connectivity index (χ1) is 13.5. The first kappa shape index (κ1) is 20.4. The van der Waals surface area contributed by atoms with Crippen molar-refractivity contribution in [1.29, 1.82) is 0 Å². The van der Waals surface area contributed by atoms with Gasteiger partial charge in [0, 0.05) is 36.8 Å². The van der Waals surface area contributed by atoms with E-state index in [0.717, 1.165) is 37.1 Å². The predicted molar refractivity (Wildman–Crippen MR) is 111 cm³/mol. The minimum Gasteiger partial charge on any atom is -0.351 e. The van der Waals surface area contributed by atoms with Crippen LogP contribution in [0, 0.1) is 0 Å². The van der Waals surface area contributed by atoms with Gasteiger partial charge in [-0.1, -0.05) is 35.9 Å². The third-order valence-electron chi connectivity index (χ3n) is 4.86. The van der Waals surface area contributed by atoms with E-state index in [0.29, 0.717) is 30.2 Å². The van der Waals surface area contributed by atoms with Gasteiger partial charge in [0.05, 0.1) is 6.54 Å². The van der Waals surface area contributed by atoms with Gasteiger partial charge in [0.25, 0.3) is 5.91 Å². The normalized spacial score (nSPS) is 13.8. The smallest absolute Gasteiger partial charge is 0.253 e. The molecular weight excluding hydrogens is 374 g/mol. The number of amides is 2. The lowest BCUT2D eigenvalue weighted by Gasteiger charge is -2.17. The molecule has 0 unspecified atom stereocenters. The molecule has 0 saturated carbocycles. The second-order valence-corrected chi connectivity index (χ2v) is 7.71. The molecule has 1 N–H and O–H groups in total. The Hall–Kier alpha value is -2.37. The van der Waals surface area contributed by atoms with Crippen molar-refractivity contribution in [2.24, 2.45) is 0 Å². The number of nitrogens with one attached hydrogen (secondary N) is 1. The molecule has 0 spiro atoms. The molecule has 2 amide bonds. The maximum Gasteiger partial charge on any atom is 0.253 e. The SMILES string of the molecule is CN(CC(=O)NCc1ccc(C(=O)N2CCCC2)cc1)Cc1ccc(Cl)cc1. The largest absolute Gasteiger partial charge is 0.351 e. The standard InChI is InChI=1S/C22H26ClN3O2/c1-25(15-18-6-10-20(23)11-7-18)16-21(27)24-14-17-4-8-19(9-5-17)22(28)26-12-2-3-13-26/h4-11H,2-3,12-16H2,1H3,(H,24,27). The van der Waals surface area contributed by atoms with Crippen molar-refractivity contribution < 1.29 is 9.59 Å². The highest BCUT2D eigenvalue weighted by atomic mass is 35.5. The summed E-state index contributed by atoms with van der Waals surface area (Å²) in [5, 5.41) is 3.64. The molecule has 0 aliphatic carbocycles. The summed E-state index contributed by atoms with van der Waals surface area (Å²) in [6, 6.07) is 15.1. The first-order valence-corrected chi connectivity index (χ1v) is 9.97. The van der Waals surface area contributed by atoms with Gasteiger partial charge >= 0.3 is 0 Å². The number of rotatable bonds is 7. The van der Waals surface area contributed by atoms with Crippen molar-refractivity contribution in [1.82, 2.24) is 15.1 Å². The van der Waals surface area contributed by atoms with Crippen LogP contribution in [0.1, 0.15) is 34.3 Å². The molecular formula is C22H26ClN3O2. The maximum atomic E-state index is 12.4. The molecule has 148 valence electrons. The summed E-state index contributed by atoms with van der Waals surface area (Å²) in [4.78, 5) is 28.4. The monoisotopic (exact) mass is 399 g/mol. The highest BCUT2D eigenvalue weighted by Gasteiger charge is 2.19. The van der Waals surface area contributed by atoms with Crippen LogP contribution < -0.4 is 5.32 Å². The van der Waals surface area contributed by atoms with Gasteiger partial charge in [-0.3, -0.25) is 14.5 Å². The Morgan fingerprint density at radius 1 is 1.00 bits per heavy atom. The van der Waals surface area contributed by atoms with E-state index < -0.39 is 0 Å². The molecule has 6 heteroatoms. The molecule has 3 rings (SSSR count). The molecule has 2 aromatic rings. The molecule has 1 aliphatic rings. The number of benzene rings is 2. The Kier molecular flexibility index (Phi) is 7.06. The predicted octanol–water partition coefficient (Wildman–Crippen LogP) is 3.32. The van der Waals surface area contributed by atoms with Gasteiger partial charge in [0.1, 0.15) is 0 Å². The van der Waals surface area contributed by atoms with Crippen molar-refractivity contribution >= 4 is 23.4 Å². The highest BCUT2D eigenvalue weighted by molar-refractivity contribution is 6.30. The van der Waals surface area contributed by atoms with Crippen molar-refractivity contribution in [3.05, 3.63) is 70.2 Å². The molecule has 0 bridgehead atoms. The minimum absolute atomic E-state index is 0.0336. The topological polar surface area (TPSA) is 52.7 Å². The summed E-state index contributed by atoms with van der Waals surface area (Å²) in [6.45, 7) is 3.14. The van der Waals surface area contributed by atoms with E-state index >= 15 is 0 Å². The molecule has 28 heavy (non-hydrogen) atoms. The van der Waals surface area contributed by atoms with Crippen molar-refractivity contribution in [3.63, 3.8) is 0 Å². The van der Waals surface area contributed by atoms with Crippen molar-refractivity contribution in [3.8, 4) is 0 Å². The summed E-state index contributed by atoms with van der Waals surface area (Å²) in [7, 11) is 1.91. The zero-order valence-corrected chi connectivity index (χ0v) is 16.9. The van der Waals surface area contributed by atoms with E-state index in [2.05, 4.69) is 5.32 Å².